The minimum Gasteiger partial charge on any atom is -0.496 e. The molecule has 0 aromatic heterocycles. The number of ether oxygens (including phenoxy) is 1. The summed E-state index contributed by atoms with van der Waals surface area (Å²) in [5, 5.41) is 2.22. The van der Waals surface area contributed by atoms with Gasteiger partial charge in [0, 0.05) is 11.8 Å². The van der Waals surface area contributed by atoms with Crippen LogP contribution < -0.4 is 15.8 Å². The van der Waals surface area contributed by atoms with Crippen molar-refractivity contribution in [1.29, 1.82) is 0 Å². The van der Waals surface area contributed by atoms with Crippen molar-refractivity contribution in [3.63, 3.8) is 0 Å². The van der Waals surface area contributed by atoms with E-state index in [4.69, 9.17) is 10.5 Å². The lowest BCUT2D eigenvalue weighted by Gasteiger charge is -2.40. The average Bonchev–Trinajstić information content (AvgIpc) is 2.42. The number of nitrogens with zero attached hydrogens (tertiary/aromatic N) is 1. The summed E-state index contributed by atoms with van der Waals surface area (Å²) in [5.41, 5.74) is 5.23. The van der Waals surface area contributed by atoms with Crippen LogP contribution >= 0.6 is 0 Å². The summed E-state index contributed by atoms with van der Waals surface area (Å²) in [6.07, 6.45) is 0. The van der Waals surface area contributed by atoms with Gasteiger partial charge in [0.2, 0.25) is 5.91 Å². The Morgan fingerprint density at radius 2 is 2.05 bits per heavy atom. The van der Waals surface area contributed by atoms with Gasteiger partial charge in [0.15, 0.2) is 0 Å². The summed E-state index contributed by atoms with van der Waals surface area (Å²) >= 11 is 0. The van der Waals surface area contributed by atoms with Crippen molar-refractivity contribution in [3.05, 3.63) is 23.8 Å². The fourth-order valence-electron chi connectivity index (χ4n) is 2.14. The molecule has 7 heteroatoms. The van der Waals surface area contributed by atoms with Gasteiger partial charge in [0.25, 0.3) is 11.8 Å². The van der Waals surface area contributed by atoms with Crippen molar-refractivity contribution in [1.82, 2.24) is 10.2 Å². The highest BCUT2D eigenvalue weighted by molar-refractivity contribution is 6.09. The lowest BCUT2D eigenvalue weighted by molar-refractivity contribution is -0.143. The molecule has 1 aromatic rings. The van der Waals surface area contributed by atoms with E-state index in [9.17, 15) is 14.4 Å². The number of hydrogen-bond donors (Lipinski definition) is 2. The largest absolute Gasteiger partial charge is 0.496 e. The molecule has 1 heterocycles. The van der Waals surface area contributed by atoms with Gasteiger partial charge in [0.1, 0.15) is 17.8 Å². The topological polar surface area (TPSA) is 102 Å². The number of amides is 3. The molecule has 0 radical (unpaired) electrons. The molecular weight excluding hydrogens is 274 g/mol. The number of carbonyl (C=O) groups is 3. The zero-order valence-electron chi connectivity index (χ0n) is 12.1. The number of carbonyl (C=O) groups excluding carboxylic acids is 3. The number of nitrogen functional groups attached to an aromatic ring is 1. The van der Waals surface area contributed by atoms with Gasteiger partial charge in [0.05, 0.1) is 12.7 Å². The predicted octanol–water partition coefficient (Wildman–Crippen LogP) is 0.155. The number of anilines is 1. The van der Waals surface area contributed by atoms with Crippen LogP contribution in [0.25, 0.3) is 0 Å². The number of benzene rings is 1. The van der Waals surface area contributed by atoms with Gasteiger partial charge in [-0.15, -0.1) is 0 Å². The quantitative estimate of drug-likeness (QED) is 0.597. The van der Waals surface area contributed by atoms with Crippen LogP contribution in [-0.4, -0.2) is 41.8 Å². The van der Waals surface area contributed by atoms with Crippen LogP contribution in [0.1, 0.15) is 24.2 Å². The van der Waals surface area contributed by atoms with Crippen molar-refractivity contribution >= 4 is 23.4 Å². The van der Waals surface area contributed by atoms with Crippen molar-refractivity contribution < 1.29 is 19.1 Å². The van der Waals surface area contributed by atoms with E-state index in [0.29, 0.717) is 11.4 Å². The van der Waals surface area contributed by atoms with Gasteiger partial charge < -0.3 is 15.4 Å². The van der Waals surface area contributed by atoms with E-state index in [2.05, 4.69) is 5.32 Å². The molecule has 0 spiro atoms. The first-order valence-corrected chi connectivity index (χ1v) is 6.37. The zero-order valence-corrected chi connectivity index (χ0v) is 12.1. The fraction of sp³-hybridized carbons (Fsp3) is 0.357. The van der Waals surface area contributed by atoms with Gasteiger partial charge in [-0.05, 0) is 26.0 Å². The summed E-state index contributed by atoms with van der Waals surface area (Å²) in [7, 11) is 1.42. The molecule has 7 nitrogen and oxygen atoms in total. The molecule has 0 bridgehead atoms. The van der Waals surface area contributed by atoms with Crippen LogP contribution in [0.3, 0.4) is 0 Å². The highest BCUT2D eigenvalue weighted by Crippen LogP contribution is 2.27. The molecule has 1 fully saturated rings. The standard InChI is InChI=1S/C14H17N3O4/c1-14(2)13(20)16-11(18)7-17(14)12(19)9-5-4-8(15)6-10(9)21-3/h4-6H,7,15H2,1-3H3,(H,16,18,20). The Morgan fingerprint density at radius 3 is 2.67 bits per heavy atom. The van der Waals surface area contributed by atoms with Crippen LogP contribution in [0, 0.1) is 0 Å². The second-order valence-electron chi connectivity index (χ2n) is 5.29. The van der Waals surface area contributed by atoms with Gasteiger partial charge in [-0.1, -0.05) is 0 Å². The number of rotatable bonds is 2. The van der Waals surface area contributed by atoms with Crippen molar-refractivity contribution in [2.24, 2.45) is 0 Å². The molecule has 1 aromatic carbocycles. The molecule has 1 aliphatic heterocycles. The Bertz CT molecular complexity index is 625. The Labute approximate surface area is 122 Å². The predicted molar refractivity (Wildman–Crippen MR) is 75.7 cm³/mol. The van der Waals surface area contributed by atoms with Gasteiger partial charge in [-0.25, -0.2) is 0 Å². The fourth-order valence-corrected chi connectivity index (χ4v) is 2.14. The highest BCUT2D eigenvalue weighted by atomic mass is 16.5. The summed E-state index contributed by atoms with van der Waals surface area (Å²) in [6.45, 7) is 2.97. The molecule has 21 heavy (non-hydrogen) atoms. The molecular formula is C14H17N3O4. The first-order valence-electron chi connectivity index (χ1n) is 6.37. The van der Waals surface area contributed by atoms with Crippen LogP contribution in [0.4, 0.5) is 5.69 Å². The second-order valence-corrected chi connectivity index (χ2v) is 5.29. The number of imide groups is 1. The molecule has 3 N–H and O–H groups in total. The van der Waals surface area contributed by atoms with E-state index < -0.39 is 23.3 Å². The summed E-state index contributed by atoms with van der Waals surface area (Å²) < 4.78 is 5.15. The third-order valence-corrected chi connectivity index (χ3v) is 3.49. The van der Waals surface area contributed by atoms with Crippen molar-refractivity contribution in [2.75, 3.05) is 19.4 Å². The van der Waals surface area contributed by atoms with Crippen molar-refractivity contribution in [3.8, 4) is 5.75 Å². The van der Waals surface area contributed by atoms with E-state index >= 15 is 0 Å². The maximum atomic E-state index is 12.7. The maximum absolute atomic E-state index is 12.7. The summed E-state index contributed by atoms with van der Waals surface area (Å²) in [5.74, 6) is -1.18. The van der Waals surface area contributed by atoms with E-state index in [-0.39, 0.29) is 12.1 Å². The number of nitrogens with one attached hydrogen (secondary N) is 1. The Kier molecular flexibility index (Phi) is 3.59. The summed E-state index contributed by atoms with van der Waals surface area (Å²) in [4.78, 5) is 37.3. The normalized spacial score (nSPS) is 17.4. The summed E-state index contributed by atoms with van der Waals surface area (Å²) in [6, 6.07) is 4.60. The molecule has 0 unspecified atom stereocenters. The SMILES string of the molecule is COc1cc(N)ccc1C(=O)N1CC(=O)NC(=O)C1(C)C. The monoisotopic (exact) mass is 291 g/mol. The average molecular weight is 291 g/mol. The Hall–Kier alpha value is -2.57. The van der Waals surface area contributed by atoms with Gasteiger partial charge >= 0.3 is 0 Å². The minimum absolute atomic E-state index is 0.189. The molecule has 0 atom stereocenters. The molecule has 1 saturated heterocycles. The number of methoxy groups -OCH3 is 1. The minimum atomic E-state index is -1.13. The Morgan fingerprint density at radius 1 is 1.38 bits per heavy atom. The van der Waals surface area contributed by atoms with E-state index in [1.807, 2.05) is 0 Å². The lowest BCUT2D eigenvalue weighted by atomic mass is 9.97. The van der Waals surface area contributed by atoms with E-state index in [1.54, 1.807) is 19.9 Å². The van der Waals surface area contributed by atoms with E-state index in [1.165, 1.54) is 24.1 Å². The molecule has 0 aliphatic carbocycles. The number of piperazine rings is 1. The van der Waals surface area contributed by atoms with Crippen LogP contribution in [-0.2, 0) is 9.59 Å². The maximum Gasteiger partial charge on any atom is 0.258 e. The third kappa shape index (κ3) is 2.54. The van der Waals surface area contributed by atoms with E-state index in [0.717, 1.165) is 0 Å². The lowest BCUT2D eigenvalue weighted by Crippen LogP contribution is -2.65. The molecule has 1 aliphatic rings. The zero-order chi connectivity index (χ0) is 15.8. The second kappa shape index (κ2) is 5.08. The molecule has 112 valence electrons. The van der Waals surface area contributed by atoms with Crippen LogP contribution in [0.2, 0.25) is 0 Å². The Balaban J connectivity index is 2.43. The smallest absolute Gasteiger partial charge is 0.258 e. The van der Waals surface area contributed by atoms with Crippen LogP contribution in [0.15, 0.2) is 18.2 Å². The third-order valence-electron chi connectivity index (χ3n) is 3.49. The first kappa shape index (κ1) is 14.8. The highest BCUT2D eigenvalue weighted by Gasteiger charge is 2.44. The van der Waals surface area contributed by atoms with Gasteiger partial charge in [-0.3, -0.25) is 19.7 Å². The number of nitrogens with two attached hydrogens (primary N) is 1. The number of hydrogen-bond acceptors (Lipinski definition) is 5. The van der Waals surface area contributed by atoms with Gasteiger partial charge in [-0.2, -0.15) is 0 Å². The molecule has 0 saturated carbocycles. The van der Waals surface area contributed by atoms with Crippen molar-refractivity contribution in [2.45, 2.75) is 19.4 Å². The first-order chi connectivity index (χ1) is 9.77. The molecule has 3 amide bonds. The van der Waals surface area contributed by atoms with Crippen LogP contribution in [0.5, 0.6) is 5.75 Å². The molecule has 2 rings (SSSR count).